The van der Waals surface area contributed by atoms with Gasteiger partial charge in [-0.3, -0.25) is 4.79 Å². The van der Waals surface area contributed by atoms with E-state index in [-0.39, 0.29) is 5.69 Å². The molecule has 0 bridgehead atoms. The number of carbonyl (C=O) groups excluding carboxylic acids is 1. The molecule has 186 valence electrons. The fraction of sp³-hybridized carbons (Fsp3) is 0.480. The highest BCUT2D eigenvalue weighted by atomic mass is 32.2. The van der Waals surface area contributed by atoms with E-state index in [0.717, 1.165) is 74.8 Å². The predicted molar refractivity (Wildman–Crippen MR) is 131 cm³/mol. The Balaban J connectivity index is 1.58. The molecule has 1 aliphatic heterocycles. The van der Waals surface area contributed by atoms with E-state index in [4.69, 9.17) is 14.6 Å². The first kappa shape index (κ1) is 23.7. The van der Waals surface area contributed by atoms with Crippen LogP contribution in [0.15, 0.2) is 36.4 Å². The molecule has 35 heavy (non-hydrogen) atoms. The molecule has 10 heteroatoms. The summed E-state index contributed by atoms with van der Waals surface area (Å²) in [7, 11) is -3.75. The van der Waals surface area contributed by atoms with E-state index in [0.29, 0.717) is 29.8 Å². The topological polar surface area (TPSA) is 112 Å². The lowest BCUT2D eigenvalue weighted by Gasteiger charge is -2.24. The summed E-state index contributed by atoms with van der Waals surface area (Å²) in [4.78, 5) is 17.4. The van der Waals surface area contributed by atoms with Crippen LogP contribution in [0.3, 0.4) is 0 Å². The van der Waals surface area contributed by atoms with Crippen LogP contribution in [-0.2, 0) is 14.8 Å². The summed E-state index contributed by atoms with van der Waals surface area (Å²) in [5.41, 5.74) is 2.18. The molecular formula is C25H30N4O5S. The molecule has 0 spiro atoms. The van der Waals surface area contributed by atoms with E-state index in [1.54, 1.807) is 10.7 Å². The average Bonchev–Trinajstić information content (AvgIpc) is 3.17. The fourth-order valence-corrected chi connectivity index (χ4v) is 5.09. The lowest BCUT2D eigenvalue weighted by Crippen LogP contribution is -2.30. The maximum Gasteiger partial charge on any atom is 0.283 e. The molecule has 9 nitrogen and oxygen atoms in total. The highest BCUT2D eigenvalue weighted by molar-refractivity contribution is 7.89. The number of rotatable bonds is 8. The number of ether oxygens (including phenoxy) is 2. The Morgan fingerprint density at radius 1 is 1.17 bits per heavy atom. The summed E-state index contributed by atoms with van der Waals surface area (Å²) in [5, 5.41) is 5.72. The van der Waals surface area contributed by atoms with Crippen LogP contribution >= 0.6 is 0 Å². The second-order valence-corrected chi connectivity index (χ2v) is 11.1. The van der Waals surface area contributed by atoms with Gasteiger partial charge in [-0.1, -0.05) is 24.6 Å². The normalized spacial score (nSPS) is 17.3. The molecule has 2 aromatic heterocycles. The standard InChI is InChI=1S/C25H30N4O5S/c1-35(31,32)28-25(30)20-16-21(34-15-12-17-10-13-33-14-11-17)22-23(18-6-5-7-18)27-29(24(22)26-20)19-8-3-2-4-9-19/h2-4,8-9,16-18H,5-7,10-15H2,1H3,(H,28,30). The number of sulfonamides is 1. The van der Waals surface area contributed by atoms with Crippen molar-refractivity contribution in [1.82, 2.24) is 19.5 Å². The monoisotopic (exact) mass is 498 g/mol. The van der Waals surface area contributed by atoms with Crippen molar-refractivity contribution in [2.24, 2.45) is 5.92 Å². The number of amides is 1. The van der Waals surface area contributed by atoms with Crippen molar-refractivity contribution in [3.05, 3.63) is 47.8 Å². The van der Waals surface area contributed by atoms with Gasteiger partial charge in [0.25, 0.3) is 5.91 Å². The highest BCUT2D eigenvalue weighted by Crippen LogP contribution is 2.42. The molecule has 2 aliphatic rings. The van der Waals surface area contributed by atoms with Gasteiger partial charge in [-0.05, 0) is 50.2 Å². The van der Waals surface area contributed by atoms with Crippen molar-refractivity contribution in [2.75, 3.05) is 26.1 Å². The van der Waals surface area contributed by atoms with E-state index in [9.17, 15) is 13.2 Å². The number of aromatic nitrogens is 3. The van der Waals surface area contributed by atoms with Crippen molar-refractivity contribution in [3.8, 4) is 11.4 Å². The lowest BCUT2D eigenvalue weighted by atomic mass is 9.82. The molecule has 1 saturated heterocycles. The van der Waals surface area contributed by atoms with Gasteiger partial charge in [-0.25, -0.2) is 22.8 Å². The Morgan fingerprint density at radius 2 is 1.91 bits per heavy atom. The number of benzene rings is 1. The molecule has 0 unspecified atom stereocenters. The number of fused-ring (bicyclic) bond motifs is 1. The van der Waals surface area contributed by atoms with Crippen molar-refractivity contribution in [2.45, 2.75) is 44.4 Å². The van der Waals surface area contributed by atoms with Gasteiger partial charge in [0.05, 0.1) is 29.6 Å². The largest absolute Gasteiger partial charge is 0.493 e. The first-order valence-corrected chi connectivity index (χ1v) is 14.0. The molecule has 5 rings (SSSR count). The van der Waals surface area contributed by atoms with Crippen LogP contribution < -0.4 is 9.46 Å². The molecule has 3 aromatic rings. The quantitative estimate of drug-likeness (QED) is 0.505. The summed E-state index contributed by atoms with van der Waals surface area (Å²) in [5.74, 6) is 0.560. The molecule has 1 aliphatic carbocycles. The number of carbonyl (C=O) groups is 1. The third-order valence-corrected chi connectivity index (χ3v) is 7.31. The first-order valence-electron chi connectivity index (χ1n) is 12.1. The van der Waals surface area contributed by atoms with Gasteiger partial charge in [0.1, 0.15) is 11.4 Å². The molecule has 1 aromatic carbocycles. The lowest BCUT2D eigenvalue weighted by molar-refractivity contribution is 0.0594. The smallest absolute Gasteiger partial charge is 0.283 e. The molecule has 1 amide bonds. The second kappa shape index (κ2) is 9.94. The summed E-state index contributed by atoms with van der Waals surface area (Å²) in [6, 6.07) is 11.1. The summed E-state index contributed by atoms with van der Waals surface area (Å²) in [6.45, 7) is 2.03. The van der Waals surface area contributed by atoms with Gasteiger partial charge in [-0.15, -0.1) is 0 Å². The van der Waals surface area contributed by atoms with Crippen LogP contribution in [-0.4, -0.2) is 55.2 Å². The second-order valence-electron chi connectivity index (χ2n) is 9.36. The van der Waals surface area contributed by atoms with Gasteiger partial charge >= 0.3 is 0 Å². The van der Waals surface area contributed by atoms with E-state index >= 15 is 0 Å². The average molecular weight is 499 g/mol. The van der Waals surface area contributed by atoms with Gasteiger partial charge in [0.15, 0.2) is 5.65 Å². The Bertz CT molecular complexity index is 1310. The van der Waals surface area contributed by atoms with Crippen LogP contribution in [0.2, 0.25) is 0 Å². The summed E-state index contributed by atoms with van der Waals surface area (Å²) in [6.07, 6.45) is 7.07. The number of nitrogens with zero attached hydrogens (tertiary/aromatic N) is 3. The zero-order chi connectivity index (χ0) is 24.4. The zero-order valence-electron chi connectivity index (χ0n) is 19.8. The SMILES string of the molecule is CS(=O)(=O)NC(=O)c1cc(OCCC2CCOCC2)c2c(C3CCC3)nn(-c3ccccc3)c2n1. The number of hydrogen-bond donors (Lipinski definition) is 1. The predicted octanol–water partition coefficient (Wildman–Crippen LogP) is 3.57. The molecule has 1 N–H and O–H groups in total. The maximum atomic E-state index is 12.8. The molecule has 0 radical (unpaired) electrons. The van der Waals surface area contributed by atoms with Crippen LogP contribution in [0.4, 0.5) is 0 Å². The number of nitrogens with one attached hydrogen (secondary N) is 1. The van der Waals surface area contributed by atoms with E-state index in [2.05, 4.69) is 4.98 Å². The molecular weight excluding hydrogens is 468 g/mol. The Labute approximate surface area is 204 Å². The third kappa shape index (κ3) is 5.33. The minimum atomic E-state index is -3.75. The Hall–Kier alpha value is -2.98. The maximum absolute atomic E-state index is 12.8. The van der Waals surface area contributed by atoms with Crippen LogP contribution in [0.25, 0.3) is 16.7 Å². The fourth-order valence-electron chi connectivity index (χ4n) is 4.65. The van der Waals surface area contributed by atoms with Crippen LogP contribution in [0.1, 0.15) is 60.6 Å². The van der Waals surface area contributed by atoms with Crippen LogP contribution in [0, 0.1) is 5.92 Å². The van der Waals surface area contributed by atoms with E-state index in [1.165, 1.54) is 0 Å². The zero-order valence-corrected chi connectivity index (χ0v) is 20.6. The van der Waals surface area contributed by atoms with Crippen molar-refractivity contribution >= 4 is 27.0 Å². The van der Waals surface area contributed by atoms with Crippen molar-refractivity contribution < 1.29 is 22.7 Å². The minimum Gasteiger partial charge on any atom is -0.493 e. The van der Waals surface area contributed by atoms with Gasteiger partial charge < -0.3 is 9.47 Å². The van der Waals surface area contributed by atoms with Crippen molar-refractivity contribution in [1.29, 1.82) is 0 Å². The number of pyridine rings is 1. The van der Waals surface area contributed by atoms with E-state index in [1.807, 2.05) is 35.1 Å². The van der Waals surface area contributed by atoms with Crippen molar-refractivity contribution in [3.63, 3.8) is 0 Å². The molecule has 3 heterocycles. The minimum absolute atomic E-state index is 0.0266. The van der Waals surface area contributed by atoms with Gasteiger partial charge in [0, 0.05) is 25.2 Å². The van der Waals surface area contributed by atoms with Gasteiger partial charge in [0.2, 0.25) is 10.0 Å². The van der Waals surface area contributed by atoms with Gasteiger partial charge in [-0.2, -0.15) is 5.10 Å². The molecule has 0 atom stereocenters. The first-order chi connectivity index (χ1) is 16.9. The van der Waals surface area contributed by atoms with Crippen LogP contribution in [0.5, 0.6) is 5.75 Å². The number of para-hydroxylation sites is 1. The summed E-state index contributed by atoms with van der Waals surface area (Å²) >= 11 is 0. The van der Waals surface area contributed by atoms with E-state index < -0.39 is 15.9 Å². The molecule has 1 saturated carbocycles. The number of hydrogen-bond acceptors (Lipinski definition) is 7. The Morgan fingerprint density at radius 3 is 2.57 bits per heavy atom. The third-order valence-electron chi connectivity index (χ3n) is 6.76. The summed E-state index contributed by atoms with van der Waals surface area (Å²) < 4.78 is 38.9. The highest BCUT2D eigenvalue weighted by Gasteiger charge is 2.30. The molecule has 2 fully saturated rings. The Kier molecular flexibility index (Phi) is 6.75.